The first-order valence-electron chi connectivity index (χ1n) is 6.03. The van der Waals surface area contributed by atoms with Crippen molar-refractivity contribution in [1.29, 1.82) is 0 Å². The molecule has 2 heteroatoms. The Bertz CT molecular complexity index is 234. The molecule has 1 N–H and O–H groups in total. The Morgan fingerprint density at radius 1 is 1.20 bits per heavy atom. The van der Waals surface area contributed by atoms with Gasteiger partial charge in [0.15, 0.2) is 0 Å². The van der Waals surface area contributed by atoms with Crippen molar-refractivity contribution in [3.05, 3.63) is 30.1 Å². The van der Waals surface area contributed by atoms with E-state index in [4.69, 9.17) is 0 Å². The van der Waals surface area contributed by atoms with Gasteiger partial charge in [0.25, 0.3) is 0 Å². The molecule has 0 radical (unpaired) electrons. The molecule has 2 nitrogen and oxygen atoms in total. The second kappa shape index (κ2) is 8.42. The van der Waals surface area contributed by atoms with Crippen LogP contribution in [0.3, 0.4) is 0 Å². The van der Waals surface area contributed by atoms with Crippen molar-refractivity contribution in [3.63, 3.8) is 0 Å². The Labute approximate surface area is 93.1 Å². The molecule has 0 unspecified atom stereocenters. The fraction of sp³-hybridized carbons (Fsp3) is 0.615. The van der Waals surface area contributed by atoms with Gasteiger partial charge in [0.05, 0.1) is 0 Å². The van der Waals surface area contributed by atoms with Crippen LogP contribution in [0.15, 0.2) is 24.5 Å². The van der Waals surface area contributed by atoms with Crippen LogP contribution in [-0.4, -0.2) is 11.5 Å². The van der Waals surface area contributed by atoms with E-state index in [2.05, 4.69) is 23.3 Å². The lowest BCUT2D eigenvalue weighted by Gasteiger charge is -2.04. The highest BCUT2D eigenvalue weighted by Crippen LogP contribution is 2.01. The summed E-state index contributed by atoms with van der Waals surface area (Å²) in [5.74, 6) is 0. The highest BCUT2D eigenvalue weighted by atomic mass is 14.8. The maximum absolute atomic E-state index is 4.08. The summed E-state index contributed by atoms with van der Waals surface area (Å²) in [7, 11) is 0. The zero-order valence-corrected chi connectivity index (χ0v) is 9.71. The molecule has 0 atom stereocenters. The van der Waals surface area contributed by atoms with Crippen molar-refractivity contribution < 1.29 is 0 Å². The van der Waals surface area contributed by atoms with Gasteiger partial charge >= 0.3 is 0 Å². The van der Waals surface area contributed by atoms with E-state index in [0.717, 1.165) is 13.1 Å². The summed E-state index contributed by atoms with van der Waals surface area (Å²) in [5.41, 5.74) is 1.27. The zero-order valence-electron chi connectivity index (χ0n) is 9.71. The van der Waals surface area contributed by atoms with E-state index in [1.165, 1.54) is 37.7 Å². The SMILES string of the molecule is CCCCCCCNCc1cccnc1. The van der Waals surface area contributed by atoms with Crippen LogP contribution in [0.4, 0.5) is 0 Å². The Hall–Kier alpha value is -0.890. The average Bonchev–Trinajstić information content (AvgIpc) is 2.29. The summed E-state index contributed by atoms with van der Waals surface area (Å²) in [6.07, 6.45) is 10.5. The first kappa shape index (κ1) is 12.2. The minimum atomic E-state index is 0.946. The van der Waals surface area contributed by atoms with E-state index >= 15 is 0 Å². The lowest BCUT2D eigenvalue weighted by atomic mass is 10.1. The van der Waals surface area contributed by atoms with Gasteiger partial charge in [-0.2, -0.15) is 0 Å². The van der Waals surface area contributed by atoms with Crippen molar-refractivity contribution in [2.75, 3.05) is 6.54 Å². The first-order chi connectivity index (χ1) is 7.43. The van der Waals surface area contributed by atoms with E-state index in [1.54, 1.807) is 0 Å². The number of nitrogens with zero attached hydrogens (tertiary/aromatic N) is 1. The van der Waals surface area contributed by atoms with Crippen molar-refractivity contribution in [2.45, 2.75) is 45.6 Å². The molecular formula is C13H22N2. The van der Waals surface area contributed by atoms with E-state index in [-0.39, 0.29) is 0 Å². The van der Waals surface area contributed by atoms with Crippen LogP contribution < -0.4 is 5.32 Å². The summed E-state index contributed by atoms with van der Waals surface area (Å²) in [4.78, 5) is 4.08. The number of unbranched alkanes of at least 4 members (excludes halogenated alkanes) is 4. The summed E-state index contributed by atoms with van der Waals surface area (Å²) in [6, 6.07) is 4.09. The van der Waals surface area contributed by atoms with Gasteiger partial charge in [-0.15, -0.1) is 0 Å². The van der Waals surface area contributed by atoms with Crippen molar-refractivity contribution in [3.8, 4) is 0 Å². The van der Waals surface area contributed by atoms with Crippen LogP contribution >= 0.6 is 0 Å². The van der Waals surface area contributed by atoms with Crippen LogP contribution in [0.1, 0.15) is 44.6 Å². The van der Waals surface area contributed by atoms with Gasteiger partial charge in [0.2, 0.25) is 0 Å². The van der Waals surface area contributed by atoms with Crippen LogP contribution in [0, 0.1) is 0 Å². The topological polar surface area (TPSA) is 24.9 Å². The molecule has 1 aromatic rings. The average molecular weight is 206 g/mol. The van der Waals surface area contributed by atoms with Gasteiger partial charge in [-0.05, 0) is 24.6 Å². The number of aromatic nitrogens is 1. The summed E-state index contributed by atoms with van der Waals surface area (Å²) < 4.78 is 0. The Morgan fingerprint density at radius 2 is 2.07 bits per heavy atom. The van der Waals surface area contributed by atoms with Gasteiger partial charge in [0.1, 0.15) is 0 Å². The minimum absolute atomic E-state index is 0.946. The number of hydrogen-bond donors (Lipinski definition) is 1. The lowest BCUT2D eigenvalue weighted by Crippen LogP contribution is -2.14. The lowest BCUT2D eigenvalue weighted by molar-refractivity contribution is 0.583. The Morgan fingerprint density at radius 3 is 2.80 bits per heavy atom. The smallest absolute Gasteiger partial charge is 0.0312 e. The van der Waals surface area contributed by atoms with Gasteiger partial charge in [0, 0.05) is 18.9 Å². The molecule has 15 heavy (non-hydrogen) atoms. The molecule has 0 saturated carbocycles. The summed E-state index contributed by atoms with van der Waals surface area (Å²) in [6.45, 7) is 4.32. The molecule has 0 aliphatic heterocycles. The van der Waals surface area contributed by atoms with Crippen LogP contribution in [0.2, 0.25) is 0 Å². The Balaban J connectivity index is 1.93. The standard InChI is InChI=1S/C13H22N2/c1-2-3-4-5-6-9-14-11-13-8-7-10-15-12-13/h7-8,10,12,14H,2-6,9,11H2,1H3. The maximum atomic E-state index is 4.08. The second-order valence-corrected chi connectivity index (χ2v) is 3.95. The molecule has 0 bridgehead atoms. The predicted octanol–water partition coefficient (Wildman–Crippen LogP) is 3.14. The molecule has 1 aromatic heterocycles. The highest BCUT2D eigenvalue weighted by Gasteiger charge is 1.91. The molecule has 84 valence electrons. The second-order valence-electron chi connectivity index (χ2n) is 3.95. The van der Waals surface area contributed by atoms with Gasteiger partial charge in [-0.3, -0.25) is 4.98 Å². The number of hydrogen-bond acceptors (Lipinski definition) is 2. The van der Waals surface area contributed by atoms with E-state index in [9.17, 15) is 0 Å². The van der Waals surface area contributed by atoms with Crippen molar-refractivity contribution in [1.82, 2.24) is 10.3 Å². The van der Waals surface area contributed by atoms with E-state index in [1.807, 2.05) is 18.5 Å². The fourth-order valence-corrected chi connectivity index (χ4v) is 1.59. The molecule has 0 amide bonds. The fourth-order valence-electron chi connectivity index (χ4n) is 1.59. The molecule has 0 spiro atoms. The zero-order chi connectivity index (χ0) is 10.8. The maximum Gasteiger partial charge on any atom is 0.0312 e. The van der Waals surface area contributed by atoms with Crippen LogP contribution in [0.5, 0.6) is 0 Å². The Kier molecular flexibility index (Phi) is 6.84. The molecule has 0 aliphatic rings. The third-order valence-electron chi connectivity index (χ3n) is 2.51. The summed E-state index contributed by atoms with van der Waals surface area (Å²) in [5, 5.41) is 3.44. The van der Waals surface area contributed by atoms with E-state index in [0.29, 0.717) is 0 Å². The van der Waals surface area contributed by atoms with Gasteiger partial charge in [-0.25, -0.2) is 0 Å². The van der Waals surface area contributed by atoms with Gasteiger partial charge < -0.3 is 5.32 Å². The quantitative estimate of drug-likeness (QED) is 0.661. The third kappa shape index (κ3) is 6.24. The molecular weight excluding hydrogens is 184 g/mol. The number of rotatable bonds is 8. The highest BCUT2D eigenvalue weighted by molar-refractivity contribution is 5.07. The van der Waals surface area contributed by atoms with Crippen LogP contribution in [0.25, 0.3) is 0 Å². The number of nitrogens with one attached hydrogen (secondary N) is 1. The minimum Gasteiger partial charge on any atom is -0.313 e. The molecule has 0 aliphatic carbocycles. The first-order valence-corrected chi connectivity index (χ1v) is 6.03. The molecule has 1 rings (SSSR count). The number of pyridine rings is 1. The summed E-state index contributed by atoms with van der Waals surface area (Å²) >= 11 is 0. The molecule has 1 heterocycles. The normalized spacial score (nSPS) is 10.5. The molecule has 0 saturated heterocycles. The largest absolute Gasteiger partial charge is 0.313 e. The van der Waals surface area contributed by atoms with Crippen LogP contribution in [-0.2, 0) is 6.54 Å². The predicted molar refractivity (Wildman–Crippen MR) is 64.7 cm³/mol. The third-order valence-corrected chi connectivity index (χ3v) is 2.51. The van der Waals surface area contributed by atoms with Gasteiger partial charge in [-0.1, -0.05) is 38.7 Å². The van der Waals surface area contributed by atoms with Crippen molar-refractivity contribution >= 4 is 0 Å². The van der Waals surface area contributed by atoms with Crippen molar-refractivity contribution in [2.24, 2.45) is 0 Å². The molecule has 0 fully saturated rings. The molecule has 0 aromatic carbocycles. The monoisotopic (exact) mass is 206 g/mol. The van der Waals surface area contributed by atoms with E-state index < -0.39 is 0 Å².